The molecule has 0 bridgehead atoms. The molecule has 19 heavy (non-hydrogen) atoms. The molecule has 0 aliphatic heterocycles. The molecule has 0 saturated carbocycles. The van der Waals surface area contributed by atoms with Gasteiger partial charge in [-0.3, -0.25) is 4.79 Å². The van der Waals surface area contributed by atoms with E-state index in [2.05, 4.69) is 18.6 Å². The molecular weight excluding hydrogens is 282 g/mol. The fraction of sp³-hybridized carbons (Fsp3) is 0.462. The number of thioether (sulfide) groups is 1. The fourth-order valence-electron chi connectivity index (χ4n) is 1.41. The van der Waals surface area contributed by atoms with E-state index in [1.807, 2.05) is 0 Å². The summed E-state index contributed by atoms with van der Waals surface area (Å²) in [5, 5.41) is 0.524. The largest absolute Gasteiger partial charge is 0.274 e. The van der Waals surface area contributed by atoms with Gasteiger partial charge in [0.1, 0.15) is 0 Å². The Hall–Kier alpha value is -1.01. The number of hydrogen-bond acceptors (Lipinski definition) is 4. The summed E-state index contributed by atoms with van der Waals surface area (Å²) in [5.41, 5.74) is 0. The lowest BCUT2D eigenvalue weighted by Crippen LogP contribution is -2.30. The highest BCUT2D eigenvalue weighted by atomic mass is 32.2. The standard InChI is InChI=1S/C13H19NO3S2/c1-11(2)18-10-6-9-13(15)14-19(16,17)12-7-4-3-5-8-12/h3-5,7-8,11H,6,9-10H2,1-2H3,(H,14,15). The number of nitrogens with one attached hydrogen (secondary N) is 1. The number of carbonyl (C=O) groups is 1. The Labute approximate surface area is 119 Å². The molecule has 0 heterocycles. The molecule has 0 radical (unpaired) electrons. The van der Waals surface area contributed by atoms with Gasteiger partial charge in [-0.05, 0) is 29.6 Å². The van der Waals surface area contributed by atoms with E-state index in [0.717, 1.165) is 5.75 Å². The van der Waals surface area contributed by atoms with Gasteiger partial charge in [0.15, 0.2) is 0 Å². The van der Waals surface area contributed by atoms with Crippen LogP contribution in [0.5, 0.6) is 0 Å². The third-order valence-corrected chi connectivity index (χ3v) is 4.88. The van der Waals surface area contributed by atoms with Crippen LogP contribution >= 0.6 is 11.8 Å². The first-order valence-corrected chi connectivity index (χ1v) is 8.67. The second-order valence-electron chi connectivity index (χ2n) is 4.36. The molecule has 0 atom stereocenters. The Kier molecular flexibility index (Phi) is 6.37. The van der Waals surface area contributed by atoms with Gasteiger partial charge in [0.05, 0.1) is 4.90 Å². The summed E-state index contributed by atoms with van der Waals surface area (Å²) in [5.74, 6) is 0.407. The molecule has 0 spiro atoms. The van der Waals surface area contributed by atoms with Crippen LogP contribution in [-0.4, -0.2) is 25.3 Å². The predicted molar refractivity (Wildman–Crippen MR) is 78.6 cm³/mol. The van der Waals surface area contributed by atoms with Crippen molar-refractivity contribution in [1.29, 1.82) is 0 Å². The number of benzene rings is 1. The maximum absolute atomic E-state index is 11.8. The summed E-state index contributed by atoms with van der Waals surface area (Å²) in [4.78, 5) is 11.7. The quantitative estimate of drug-likeness (QED) is 0.786. The Morgan fingerprint density at radius 2 is 1.89 bits per heavy atom. The maximum atomic E-state index is 11.8. The van der Waals surface area contributed by atoms with Crippen molar-refractivity contribution in [3.8, 4) is 0 Å². The van der Waals surface area contributed by atoms with Gasteiger partial charge in [-0.1, -0.05) is 32.0 Å². The van der Waals surface area contributed by atoms with Crippen molar-refractivity contribution < 1.29 is 13.2 Å². The Bertz CT molecular complexity index is 498. The van der Waals surface area contributed by atoms with Crippen LogP contribution in [0, 0.1) is 0 Å². The van der Waals surface area contributed by atoms with Crippen molar-refractivity contribution in [2.75, 3.05) is 5.75 Å². The molecule has 106 valence electrons. The SMILES string of the molecule is CC(C)SCCCC(=O)NS(=O)(=O)c1ccccc1. The summed E-state index contributed by atoms with van der Waals surface area (Å²) in [7, 11) is -3.72. The zero-order valence-electron chi connectivity index (χ0n) is 11.1. The Morgan fingerprint density at radius 3 is 2.47 bits per heavy atom. The van der Waals surface area contributed by atoms with Gasteiger partial charge >= 0.3 is 0 Å². The summed E-state index contributed by atoms with van der Waals surface area (Å²) in [6.45, 7) is 4.18. The maximum Gasteiger partial charge on any atom is 0.264 e. The number of amides is 1. The molecule has 0 aliphatic carbocycles. The van der Waals surface area contributed by atoms with Crippen LogP contribution in [0.1, 0.15) is 26.7 Å². The minimum Gasteiger partial charge on any atom is -0.274 e. The van der Waals surface area contributed by atoms with Crippen molar-refractivity contribution in [3.05, 3.63) is 30.3 Å². The monoisotopic (exact) mass is 301 g/mol. The molecule has 1 aromatic carbocycles. The van der Waals surface area contributed by atoms with Crippen molar-refractivity contribution in [2.45, 2.75) is 36.8 Å². The third-order valence-electron chi connectivity index (χ3n) is 2.30. The first-order valence-electron chi connectivity index (χ1n) is 6.14. The van der Waals surface area contributed by atoms with Crippen molar-refractivity contribution in [1.82, 2.24) is 4.72 Å². The molecule has 0 aliphatic rings. The van der Waals surface area contributed by atoms with E-state index in [1.165, 1.54) is 12.1 Å². The predicted octanol–water partition coefficient (Wildman–Crippen LogP) is 2.41. The second kappa shape index (κ2) is 7.55. The van der Waals surface area contributed by atoms with Crippen LogP contribution < -0.4 is 4.72 Å². The lowest BCUT2D eigenvalue weighted by Gasteiger charge is -2.07. The highest BCUT2D eigenvalue weighted by molar-refractivity contribution is 7.99. The van der Waals surface area contributed by atoms with Crippen molar-refractivity contribution >= 4 is 27.7 Å². The molecule has 1 N–H and O–H groups in total. The van der Waals surface area contributed by atoms with Crippen molar-refractivity contribution in [3.63, 3.8) is 0 Å². The van der Waals surface area contributed by atoms with Gasteiger partial charge in [-0.15, -0.1) is 0 Å². The van der Waals surface area contributed by atoms with Crippen molar-refractivity contribution in [2.24, 2.45) is 0 Å². The third kappa shape index (κ3) is 6.11. The highest BCUT2D eigenvalue weighted by Crippen LogP contribution is 2.12. The zero-order valence-corrected chi connectivity index (χ0v) is 12.8. The molecule has 1 amide bonds. The normalized spacial score (nSPS) is 11.5. The van der Waals surface area contributed by atoms with E-state index in [1.54, 1.807) is 30.0 Å². The average molecular weight is 301 g/mol. The summed E-state index contributed by atoms with van der Waals surface area (Å²) < 4.78 is 25.8. The summed E-state index contributed by atoms with van der Waals surface area (Å²) in [6.07, 6.45) is 0.908. The molecule has 0 aromatic heterocycles. The van der Waals surface area contributed by atoms with E-state index < -0.39 is 15.9 Å². The molecule has 0 unspecified atom stereocenters. The van der Waals surface area contributed by atoms with Crippen LogP contribution in [0.2, 0.25) is 0 Å². The average Bonchev–Trinajstić information content (AvgIpc) is 2.35. The summed E-state index contributed by atoms with van der Waals surface area (Å²) in [6, 6.07) is 7.90. The number of rotatable bonds is 7. The van der Waals surface area contributed by atoms with E-state index >= 15 is 0 Å². The number of hydrogen-bond donors (Lipinski definition) is 1. The zero-order chi connectivity index (χ0) is 14.3. The Morgan fingerprint density at radius 1 is 1.26 bits per heavy atom. The van der Waals surface area contributed by atoms with Crippen LogP contribution in [0.3, 0.4) is 0 Å². The second-order valence-corrected chi connectivity index (χ2v) is 7.73. The van der Waals surface area contributed by atoms with Gasteiger partial charge in [0.2, 0.25) is 5.91 Å². The summed E-state index contributed by atoms with van der Waals surface area (Å²) >= 11 is 1.76. The van der Waals surface area contributed by atoms with Crippen LogP contribution in [-0.2, 0) is 14.8 Å². The van der Waals surface area contributed by atoms with Crippen LogP contribution in [0.15, 0.2) is 35.2 Å². The number of sulfonamides is 1. The lowest BCUT2D eigenvalue weighted by atomic mass is 10.3. The van der Waals surface area contributed by atoms with Gasteiger partial charge in [0.25, 0.3) is 10.0 Å². The minimum absolute atomic E-state index is 0.111. The molecular formula is C13H19NO3S2. The Balaban J connectivity index is 2.44. The van der Waals surface area contributed by atoms with Gasteiger partial charge in [0, 0.05) is 6.42 Å². The molecule has 1 rings (SSSR count). The topological polar surface area (TPSA) is 63.2 Å². The van der Waals surface area contributed by atoms with Gasteiger partial charge < -0.3 is 0 Å². The molecule has 4 nitrogen and oxygen atoms in total. The van der Waals surface area contributed by atoms with E-state index in [0.29, 0.717) is 11.7 Å². The van der Waals surface area contributed by atoms with Gasteiger partial charge in [-0.2, -0.15) is 11.8 Å². The van der Waals surface area contributed by atoms with Crippen LogP contribution in [0.25, 0.3) is 0 Å². The van der Waals surface area contributed by atoms with Crippen LogP contribution in [0.4, 0.5) is 0 Å². The van der Waals surface area contributed by atoms with E-state index in [9.17, 15) is 13.2 Å². The van der Waals surface area contributed by atoms with Gasteiger partial charge in [-0.25, -0.2) is 13.1 Å². The molecule has 1 aromatic rings. The first kappa shape index (κ1) is 16.0. The molecule has 0 saturated heterocycles. The fourth-order valence-corrected chi connectivity index (χ4v) is 3.23. The molecule has 6 heteroatoms. The smallest absolute Gasteiger partial charge is 0.264 e. The lowest BCUT2D eigenvalue weighted by molar-refractivity contribution is -0.119. The number of carbonyl (C=O) groups excluding carboxylic acids is 1. The highest BCUT2D eigenvalue weighted by Gasteiger charge is 2.16. The van der Waals surface area contributed by atoms with E-state index in [4.69, 9.17) is 0 Å². The molecule has 0 fully saturated rings. The minimum atomic E-state index is -3.72. The first-order chi connectivity index (χ1) is 8.92. The van der Waals surface area contributed by atoms with E-state index in [-0.39, 0.29) is 11.3 Å².